The molecule has 0 atom stereocenters. The van der Waals surface area contributed by atoms with E-state index in [1.54, 1.807) is 5.38 Å². The Kier molecular flexibility index (Phi) is 6.33. The zero-order valence-electron chi connectivity index (χ0n) is 11.7. The molecule has 1 amide bonds. The maximum Gasteiger partial charge on any atom is 0.270 e. The summed E-state index contributed by atoms with van der Waals surface area (Å²) in [6, 6.07) is 9.93. The number of nitrogens with zero attached hydrogens (tertiary/aromatic N) is 1. The van der Waals surface area contributed by atoms with Crippen LogP contribution in [-0.4, -0.2) is 30.6 Å². The third-order valence-corrected chi connectivity index (χ3v) is 3.69. The molecule has 0 bridgehead atoms. The number of carbonyl (C=O) groups is 1. The number of thiazole rings is 1. The molecule has 0 aliphatic rings. The molecule has 0 saturated heterocycles. The average Bonchev–Trinajstić information content (AvgIpc) is 2.97. The van der Waals surface area contributed by atoms with E-state index in [2.05, 4.69) is 10.3 Å². The zero-order valence-corrected chi connectivity index (χ0v) is 12.6. The molecule has 5 nitrogen and oxygen atoms in total. The maximum atomic E-state index is 11.8. The van der Waals surface area contributed by atoms with Gasteiger partial charge in [-0.3, -0.25) is 4.79 Å². The second-order valence-corrected chi connectivity index (χ2v) is 5.40. The largest absolute Gasteiger partial charge is 0.375 e. The van der Waals surface area contributed by atoms with Gasteiger partial charge in [-0.15, -0.1) is 11.3 Å². The number of ether oxygens (including phenoxy) is 1. The van der Waals surface area contributed by atoms with Crippen molar-refractivity contribution in [1.82, 2.24) is 10.3 Å². The minimum Gasteiger partial charge on any atom is -0.375 e. The summed E-state index contributed by atoms with van der Waals surface area (Å²) in [6.07, 6.45) is 0.706. The highest BCUT2D eigenvalue weighted by atomic mass is 32.1. The number of aromatic nitrogens is 1. The van der Waals surface area contributed by atoms with E-state index in [4.69, 9.17) is 10.5 Å². The molecular formula is C15H19N3O2S. The lowest BCUT2D eigenvalue weighted by molar-refractivity contribution is 0.0897. The Balaban J connectivity index is 1.64. The third kappa shape index (κ3) is 5.26. The van der Waals surface area contributed by atoms with Crippen molar-refractivity contribution >= 4 is 17.2 Å². The number of benzene rings is 1. The topological polar surface area (TPSA) is 77.2 Å². The molecule has 21 heavy (non-hydrogen) atoms. The summed E-state index contributed by atoms with van der Waals surface area (Å²) < 4.78 is 5.50. The second kappa shape index (κ2) is 8.51. The predicted molar refractivity (Wildman–Crippen MR) is 83.3 cm³/mol. The van der Waals surface area contributed by atoms with E-state index in [1.807, 2.05) is 30.3 Å². The fourth-order valence-corrected chi connectivity index (χ4v) is 2.54. The Labute approximate surface area is 128 Å². The number of amides is 1. The summed E-state index contributed by atoms with van der Waals surface area (Å²) in [5.74, 6) is -0.169. The van der Waals surface area contributed by atoms with Crippen molar-refractivity contribution < 1.29 is 9.53 Å². The first kappa shape index (κ1) is 15.6. The van der Waals surface area contributed by atoms with Crippen molar-refractivity contribution in [3.63, 3.8) is 0 Å². The van der Waals surface area contributed by atoms with E-state index < -0.39 is 0 Å². The Hall–Kier alpha value is -1.76. The molecule has 1 aromatic carbocycles. The highest BCUT2D eigenvalue weighted by molar-refractivity contribution is 7.09. The van der Waals surface area contributed by atoms with Gasteiger partial charge in [0.05, 0.1) is 18.2 Å². The fraction of sp³-hybridized carbons (Fsp3) is 0.333. The minimum absolute atomic E-state index is 0.169. The lowest BCUT2D eigenvalue weighted by atomic mass is 10.2. The Bertz CT molecular complexity index is 557. The van der Waals surface area contributed by atoms with Crippen molar-refractivity contribution in [2.75, 3.05) is 19.7 Å². The minimum atomic E-state index is -0.169. The average molecular weight is 305 g/mol. The van der Waals surface area contributed by atoms with Crippen LogP contribution in [0.4, 0.5) is 0 Å². The molecule has 0 saturated carbocycles. The van der Waals surface area contributed by atoms with Crippen LogP contribution in [0.15, 0.2) is 35.7 Å². The first-order valence-corrected chi connectivity index (χ1v) is 7.72. The van der Waals surface area contributed by atoms with Crippen LogP contribution >= 0.6 is 11.3 Å². The van der Waals surface area contributed by atoms with Crippen molar-refractivity contribution in [3.8, 4) is 0 Å². The predicted octanol–water partition coefficient (Wildman–Crippen LogP) is 1.59. The lowest BCUT2D eigenvalue weighted by Gasteiger charge is -2.05. The first-order valence-electron chi connectivity index (χ1n) is 6.84. The number of carbonyl (C=O) groups excluding carboxylic acids is 1. The van der Waals surface area contributed by atoms with E-state index in [-0.39, 0.29) is 5.91 Å². The molecule has 0 aliphatic heterocycles. The van der Waals surface area contributed by atoms with Gasteiger partial charge in [-0.05, 0) is 12.1 Å². The standard InChI is InChI=1S/C15H19N3O2S/c16-7-6-14-18-13(11-21-14)15(19)17-8-9-20-10-12-4-2-1-3-5-12/h1-5,11H,6-10,16H2,(H,17,19). The molecule has 2 aromatic rings. The van der Waals surface area contributed by atoms with Crippen molar-refractivity contribution in [2.24, 2.45) is 5.73 Å². The van der Waals surface area contributed by atoms with Crippen LogP contribution in [-0.2, 0) is 17.8 Å². The van der Waals surface area contributed by atoms with Gasteiger partial charge in [0.1, 0.15) is 5.69 Å². The number of nitrogens with two attached hydrogens (primary N) is 1. The van der Waals surface area contributed by atoms with E-state index in [1.165, 1.54) is 11.3 Å². The van der Waals surface area contributed by atoms with Gasteiger partial charge in [0.25, 0.3) is 5.91 Å². The summed E-state index contributed by atoms with van der Waals surface area (Å²) in [7, 11) is 0. The molecule has 0 radical (unpaired) electrons. The second-order valence-electron chi connectivity index (χ2n) is 4.46. The van der Waals surface area contributed by atoms with Crippen LogP contribution in [0, 0.1) is 0 Å². The van der Waals surface area contributed by atoms with Crippen LogP contribution in [0.5, 0.6) is 0 Å². The summed E-state index contributed by atoms with van der Waals surface area (Å²) in [4.78, 5) is 16.1. The van der Waals surface area contributed by atoms with E-state index in [0.29, 0.717) is 38.4 Å². The number of hydrogen-bond donors (Lipinski definition) is 2. The van der Waals surface area contributed by atoms with Gasteiger partial charge in [-0.25, -0.2) is 4.98 Å². The van der Waals surface area contributed by atoms with Crippen molar-refractivity contribution in [2.45, 2.75) is 13.0 Å². The number of nitrogens with one attached hydrogen (secondary N) is 1. The van der Waals surface area contributed by atoms with Gasteiger partial charge in [0.2, 0.25) is 0 Å². The van der Waals surface area contributed by atoms with E-state index >= 15 is 0 Å². The summed E-state index contributed by atoms with van der Waals surface area (Å²) in [5.41, 5.74) is 7.03. The van der Waals surface area contributed by atoms with Crippen molar-refractivity contribution in [3.05, 3.63) is 52.0 Å². The van der Waals surface area contributed by atoms with Crippen molar-refractivity contribution in [1.29, 1.82) is 0 Å². The van der Waals surface area contributed by atoms with Gasteiger partial charge in [-0.1, -0.05) is 30.3 Å². The third-order valence-electron chi connectivity index (χ3n) is 2.79. The Morgan fingerprint density at radius 1 is 1.33 bits per heavy atom. The van der Waals surface area contributed by atoms with Crippen LogP contribution in [0.25, 0.3) is 0 Å². The van der Waals surface area contributed by atoms with E-state index in [9.17, 15) is 4.79 Å². The lowest BCUT2D eigenvalue weighted by Crippen LogP contribution is -2.27. The smallest absolute Gasteiger partial charge is 0.270 e. The molecule has 0 fully saturated rings. The number of rotatable bonds is 8. The summed E-state index contributed by atoms with van der Waals surface area (Å²) >= 11 is 1.46. The van der Waals surface area contributed by atoms with Gasteiger partial charge < -0.3 is 15.8 Å². The summed E-state index contributed by atoms with van der Waals surface area (Å²) in [6.45, 7) is 2.03. The Morgan fingerprint density at radius 3 is 2.90 bits per heavy atom. The highest BCUT2D eigenvalue weighted by Crippen LogP contribution is 2.09. The van der Waals surface area contributed by atoms with E-state index in [0.717, 1.165) is 10.6 Å². The molecular weight excluding hydrogens is 286 g/mol. The van der Waals surface area contributed by atoms with Gasteiger partial charge in [-0.2, -0.15) is 0 Å². The quantitative estimate of drug-likeness (QED) is 0.726. The van der Waals surface area contributed by atoms with Gasteiger partial charge >= 0.3 is 0 Å². The van der Waals surface area contributed by atoms with Crippen LogP contribution < -0.4 is 11.1 Å². The van der Waals surface area contributed by atoms with Crippen LogP contribution in [0.1, 0.15) is 21.1 Å². The monoisotopic (exact) mass is 305 g/mol. The summed E-state index contributed by atoms with van der Waals surface area (Å²) in [5, 5.41) is 5.44. The molecule has 2 rings (SSSR count). The fourth-order valence-electron chi connectivity index (χ4n) is 1.75. The van der Waals surface area contributed by atoms with Gasteiger partial charge in [0, 0.05) is 18.3 Å². The Morgan fingerprint density at radius 2 is 2.14 bits per heavy atom. The molecule has 1 aromatic heterocycles. The molecule has 112 valence electrons. The van der Waals surface area contributed by atoms with Crippen LogP contribution in [0.3, 0.4) is 0 Å². The number of hydrogen-bond acceptors (Lipinski definition) is 5. The molecule has 6 heteroatoms. The SMILES string of the molecule is NCCc1nc(C(=O)NCCOCc2ccccc2)cs1. The molecule has 0 aliphatic carbocycles. The zero-order chi connectivity index (χ0) is 14.9. The highest BCUT2D eigenvalue weighted by Gasteiger charge is 2.09. The molecule has 3 N–H and O–H groups in total. The van der Waals surface area contributed by atoms with Gasteiger partial charge in [0.15, 0.2) is 0 Å². The molecule has 0 spiro atoms. The van der Waals surface area contributed by atoms with Crippen LogP contribution in [0.2, 0.25) is 0 Å². The molecule has 0 unspecified atom stereocenters. The molecule has 1 heterocycles. The normalized spacial score (nSPS) is 10.5. The first-order chi connectivity index (χ1) is 10.3. The maximum absolute atomic E-state index is 11.8.